The second kappa shape index (κ2) is 14.1. The van der Waals surface area contributed by atoms with Gasteiger partial charge in [0.2, 0.25) is 0 Å². The topological polar surface area (TPSA) is 78.1 Å². The lowest BCUT2D eigenvalue weighted by atomic mass is 10.2. The third-order valence-corrected chi connectivity index (χ3v) is 3.91. The molecular weight excluding hydrogens is 481 g/mol. The minimum absolute atomic E-state index is 0. The van der Waals surface area contributed by atoms with Gasteiger partial charge in [-0.15, -0.1) is 24.0 Å². The summed E-state index contributed by atoms with van der Waals surface area (Å²) >= 11 is 0. The zero-order chi connectivity index (χ0) is 20.2. The molecular formula is C22H32IN3O3. The Labute approximate surface area is 190 Å². The van der Waals surface area contributed by atoms with E-state index in [-0.39, 0.29) is 29.9 Å². The van der Waals surface area contributed by atoms with Crippen LogP contribution in [0.1, 0.15) is 26.3 Å². The number of nitrogens with zero attached hydrogens (tertiary/aromatic N) is 1. The van der Waals surface area contributed by atoms with Crippen LogP contribution in [-0.2, 0) is 11.3 Å². The largest absolute Gasteiger partial charge is 0.494 e. The Kier molecular flexibility index (Phi) is 12.1. The fourth-order valence-electron chi connectivity index (χ4n) is 2.58. The molecule has 2 aromatic rings. The smallest absolute Gasteiger partial charge is 0.193 e. The van der Waals surface area contributed by atoms with Crippen LogP contribution in [0.2, 0.25) is 0 Å². The Bertz CT molecular complexity index is 741. The summed E-state index contributed by atoms with van der Waals surface area (Å²) in [5.74, 6) is 2.06. The van der Waals surface area contributed by atoms with Crippen molar-refractivity contribution in [2.45, 2.75) is 27.4 Å². The molecule has 160 valence electrons. The van der Waals surface area contributed by atoms with E-state index < -0.39 is 0 Å². The molecule has 0 amide bonds. The van der Waals surface area contributed by atoms with E-state index in [4.69, 9.17) is 19.9 Å². The van der Waals surface area contributed by atoms with Gasteiger partial charge in [-0.25, -0.2) is 0 Å². The maximum Gasteiger partial charge on any atom is 0.193 e. The molecule has 29 heavy (non-hydrogen) atoms. The number of nitrogens with two attached hydrogens (primary N) is 1. The van der Waals surface area contributed by atoms with Crippen LogP contribution >= 0.6 is 24.0 Å². The molecule has 1 atom stereocenters. The number of anilines is 1. The summed E-state index contributed by atoms with van der Waals surface area (Å²) in [6, 6.07) is 15.7. The average molecular weight is 513 g/mol. The predicted octanol–water partition coefficient (Wildman–Crippen LogP) is 4.68. The van der Waals surface area contributed by atoms with Crippen molar-refractivity contribution in [3.05, 3.63) is 54.1 Å². The molecule has 0 saturated carbocycles. The van der Waals surface area contributed by atoms with Crippen molar-refractivity contribution in [2.75, 3.05) is 31.7 Å². The molecule has 7 heteroatoms. The molecule has 2 aromatic carbocycles. The molecule has 1 unspecified atom stereocenters. The molecule has 6 nitrogen and oxygen atoms in total. The van der Waals surface area contributed by atoms with Gasteiger partial charge in [-0.2, -0.15) is 0 Å². The van der Waals surface area contributed by atoms with Gasteiger partial charge >= 0.3 is 0 Å². The molecule has 0 aliphatic carbocycles. The summed E-state index contributed by atoms with van der Waals surface area (Å²) in [4.78, 5) is 4.43. The van der Waals surface area contributed by atoms with Gasteiger partial charge in [0.05, 0.1) is 32.1 Å². The minimum Gasteiger partial charge on any atom is -0.494 e. The molecule has 0 radical (unpaired) electrons. The predicted molar refractivity (Wildman–Crippen MR) is 130 cm³/mol. The Morgan fingerprint density at radius 3 is 2.48 bits per heavy atom. The van der Waals surface area contributed by atoms with Gasteiger partial charge in [-0.05, 0) is 37.5 Å². The molecule has 0 aliphatic rings. The first-order valence-electron chi connectivity index (χ1n) is 9.70. The third kappa shape index (κ3) is 9.36. The molecule has 0 aromatic heterocycles. The molecule has 0 spiro atoms. The Balaban J connectivity index is 0.00000420. The number of nitrogens with one attached hydrogen (secondary N) is 1. The van der Waals surface area contributed by atoms with Crippen LogP contribution in [0.4, 0.5) is 5.69 Å². The highest BCUT2D eigenvalue weighted by Crippen LogP contribution is 2.29. The number of benzene rings is 2. The van der Waals surface area contributed by atoms with Gasteiger partial charge in [-0.3, -0.25) is 4.99 Å². The van der Waals surface area contributed by atoms with Gasteiger partial charge in [0.25, 0.3) is 0 Å². The first-order chi connectivity index (χ1) is 13.6. The highest BCUT2D eigenvalue weighted by atomic mass is 127. The zero-order valence-corrected chi connectivity index (χ0v) is 19.7. The van der Waals surface area contributed by atoms with E-state index in [2.05, 4.69) is 29.4 Å². The lowest BCUT2D eigenvalue weighted by Crippen LogP contribution is -2.24. The maximum atomic E-state index is 6.06. The van der Waals surface area contributed by atoms with Gasteiger partial charge < -0.3 is 25.3 Å². The summed E-state index contributed by atoms with van der Waals surface area (Å²) in [6.07, 6.45) is 0. The maximum absolute atomic E-state index is 6.06. The number of guanidine groups is 1. The van der Waals surface area contributed by atoms with E-state index in [9.17, 15) is 0 Å². The number of halogens is 1. The van der Waals surface area contributed by atoms with E-state index >= 15 is 0 Å². The number of rotatable bonds is 11. The highest BCUT2D eigenvalue weighted by molar-refractivity contribution is 14.0. The standard InChI is InChI=1S/C22H31N3O3.HI/c1-4-27-19-11-12-21(28-5-2)20(13-19)25-22(23)24-14-17(3)15-26-16-18-9-7-6-8-10-18;/h6-13,17H,4-5,14-16H2,1-3H3,(H3,23,24,25);1H. The van der Waals surface area contributed by atoms with E-state index in [0.717, 1.165) is 17.0 Å². The summed E-state index contributed by atoms with van der Waals surface area (Å²) in [5.41, 5.74) is 7.97. The highest BCUT2D eigenvalue weighted by Gasteiger charge is 2.08. The van der Waals surface area contributed by atoms with Crippen molar-refractivity contribution in [1.82, 2.24) is 0 Å². The summed E-state index contributed by atoms with van der Waals surface area (Å²) in [7, 11) is 0. The Morgan fingerprint density at radius 1 is 1.07 bits per heavy atom. The summed E-state index contributed by atoms with van der Waals surface area (Å²) < 4.78 is 16.9. The Hall–Kier alpha value is -2.00. The molecule has 2 rings (SSSR count). The van der Waals surface area contributed by atoms with Crippen molar-refractivity contribution in [2.24, 2.45) is 16.6 Å². The molecule has 0 aliphatic heterocycles. The van der Waals surface area contributed by atoms with Crippen LogP contribution in [0.25, 0.3) is 0 Å². The fourth-order valence-corrected chi connectivity index (χ4v) is 2.58. The van der Waals surface area contributed by atoms with Crippen LogP contribution in [0.3, 0.4) is 0 Å². The van der Waals surface area contributed by atoms with Crippen LogP contribution in [0.5, 0.6) is 11.5 Å². The second-order valence-corrected chi connectivity index (χ2v) is 6.48. The normalized spacial score (nSPS) is 12.0. The van der Waals surface area contributed by atoms with Gasteiger partial charge in [0.1, 0.15) is 11.5 Å². The first kappa shape index (κ1) is 25.0. The van der Waals surface area contributed by atoms with E-state index in [1.54, 1.807) is 0 Å². The van der Waals surface area contributed by atoms with E-state index in [1.165, 1.54) is 0 Å². The third-order valence-electron chi connectivity index (χ3n) is 3.91. The van der Waals surface area contributed by atoms with Gasteiger partial charge in [-0.1, -0.05) is 37.3 Å². The molecule has 0 heterocycles. The number of ether oxygens (including phenoxy) is 3. The zero-order valence-electron chi connectivity index (χ0n) is 17.4. The number of aliphatic imine (C=N–C) groups is 1. The van der Waals surface area contributed by atoms with Crippen molar-refractivity contribution in [1.29, 1.82) is 0 Å². The number of hydrogen-bond acceptors (Lipinski definition) is 4. The molecule has 0 bridgehead atoms. The summed E-state index contributed by atoms with van der Waals surface area (Å²) in [5, 5.41) is 3.11. The van der Waals surface area contributed by atoms with E-state index in [0.29, 0.717) is 44.7 Å². The van der Waals surface area contributed by atoms with Crippen molar-refractivity contribution < 1.29 is 14.2 Å². The molecule has 3 N–H and O–H groups in total. The minimum atomic E-state index is 0. The van der Waals surface area contributed by atoms with Crippen molar-refractivity contribution >= 4 is 35.6 Å². The van der Waals surface area contributed by atoms with Gasteiger partial charge in [0, 0.05) is 12.6 Å². The molecule has 0 saturated heterocycles. The van der Waals surface area contributed by atoms with Crippen LogP contribution in [0.15, 0.2) is 53.5 Å². The lowest BCUT2D eigenvalue weighted by Gasteiger charge is -2.14. The average Bonchev–Trinajstić information content (AvgIpc) is 2.69. The summed E-state index contributed by atoms with van der Waals surface area (Å²) in [6.45, 7) is 8.93. The van der Waals surface area contributed by atoms with Gasteiger partial charge in [0.15, 0.2) is 5.96 Å². The fraction of sp³-hybridized carbons (Fsp3) is 0.409. The quantitative estimate of drug-likeness (QED) is 0.259. The van der Waals surface area contributed by atoms with E-state index in [1.807, 2.05) is 50.2 Å². The first-order valence-corrected chi connectivity index (χ1v) is 9.70. The second-order valence-electron chi connectivity index (χ2n) is 6.48. The Morgan fingerprint density at radius 2 is 1.79 bits per heavy atom. The lowest BCUT2D eigenvalue weighted by molar-refractivity contribution is 0.0945. The monoisotopic (exact) mass is 513 g/mol. The van der Waals surface area contributed by atoms with Crippen LogP contribution in [0, 0.1) is 5.92 Å². The SMILES string of the molecule is CCOc1ccc(OCC)c(NC(N)=NCC(C)COCc2ccccc2)c1.I. The van der Waals surface area contributed by atoms with Crippen LogP contribution < -0.4 is 20.5 Å². The molecule has 0 fully saturated rings. The van der Waals surface area contributed by atoms with Crippen molar-refractivity contribution in [3.8, 4) is 11.5 Å². The van der Waals surface area contributed by atoms with Crippen molar-refractivity contribution in [3.63, 3.8) is 0 Å². The number of hydrogen-bond donors (Lipinski definition) is 2. The van der Waals surface area contributed by atoms with Crippen LogP contribution in [-0.4, -0.2) is 32.3 Å².